The third kappa shape index (κ3) is 5.16. The lowest BCUT2D eigenvalue weighted by Crippen LogP contribution is -2.57. The van der Waals surface area contributed by atoms with Gasteiger partial charge in [-0.2, -0.15) is 0 Å². The maximum atomic E-state index is 12.9. The van der Waals surface area contributed by atoms with Crippen LogP contribution in [0.25, 0.3) is 0 Å². The van der Waals surface area contributed by atoms with E-state index in [1.165, 1.54) is 0 Å². The van der Waals surface area contributed by atoms with E-state index in [0.29, 0.717) is 25.4 Å². The molecular formula is C21H27N5O3. The number of carbonyl (C=O) groups is 1. The number of pyridine rings is 1. The largest absolute Gasteiger partial charge is 0.490 e. The van der Waals surface area contributed by atoms with Gasteiger partial charge in [0.05, 0.1) is 25.5 Å². The van der Waals surface area contributed by atoms with Gasteiger partial charge in [-0.1, -0.05) is 0 Å². The average Bonchev–Trinajstić information content (AvgIpc) is 2.80. The molecule has 8 heteroatoms. The predicted octanol–water partition coefficient (Wildman–Crippen LogP) is 1.80. The molecule has 1 unspecified atom stereocenters. The lowest BCUT2D eigenvalue weighted by atomic mass is 10.2. The Morgan fingerprint density at radius 3 is 2.79 bits per heavy atom. The second-order valence-corrected chi connectivity index (χ2v) is 7.13. The Labute approximate surface area is 170 Å². The zero-order valence-electron chi connectivity index (χ0n) is 16.4. The molecule has 0 aliphatic carbocycles. The zero-order chi connectivity index (χ0) is 19.9. The fraction of sp³-hybridized carbons (Fsp3) is 0.429. The number of rotatable bonds is 5. The van der Waals surface area contributed by atoms with Crippen LogP contribution in [0.4, 0.5) is 16.2 Å². The van der Waals surface area contributed by atoms with Gasteiger partial charge in [0, 0.05) is 50.3 Å². The molecule has 0 saturated carbocycles. The summed E-state index contributed by atoms with van der Waals surface area (Å²) in [6.07, 6.45) is 3.38. The summed E-state index contributed by atoms with van der Waals surface area (Å²) >= 11 is 0. The highest BCUT2D eigenvalue weighted by atomic mass is 16.5. The lowest BCUT2D eigenvalue weighted by molar-refractivity contribution is 0.122. The van der Waals surface area contributed by atoms with Gasteiger partial charge in [0.15, 0.2) is 0 Å². The topological polar surface area (TPSA) is 79.0 Å². The summed E-state index contributed by atoms with van der Waals surface area (Å²) in [6.45, 7) is 5.82. The lowest BCUT2D eigenvalue weighted by Gasteiger charge is -2.36. The molecule has 2 aliphatic rings. The summed E-state index contributed by atoms with van der Waals surface area (Å²) in [6, 6.07) is 11.5. The zero-order valence-corrected chi connectivity index (χ0v) is 16.4. The van der Waals surface area contributed by atoms with Crippen LogP contribution in [0, 0.1) is 0 Å². The second-order valence-electron chi connectivity index (χ2n) is 7.13. The first kappa shape index (κ1) is 19.5. The average molecular weight is 397 g/mol. The van der Waals surface area contributed by atoms with Crippen LogP contribution in [0.3, 0.4) is 0 Å². The number of aromatic nitrogens is 1. The Hall–Kier alpha value is -2.84. The van der Waals surface area contributed by atoms with E-state index in [9.17, 15) is 4.79 Å². The smallest absolute Gasteiger partial charge is 0.322 e. The molecule has 1 aromatic carbocycles. The first-order valence-corrected chi connectivity index (χ1v) is 10.0. The van der Waals surface area contributed by atoms with Gasteiger partial charge in [-0.3, -0.25) is 4.98 Å². The van der Waals surface area contributed by atoms with Crippen molar-refractivity contribution in [1.82, 2.24) is 15.2 Å². The van der Waals surface area contributed by atoms with Crippen molar-refractivity contribution in [3.63, 3.8) is 0 Å². The van der Waals surface area contributed by atoms with E-state index in [1.54, 1.807) is 12.4 Å². The monoisotopic (exact) mass is 397 g/mol. The Kier molecular flexibility index (Phi) is 6.43. The van der Waals surface area contributed by atoms with Gasteiger partial charge in [-0.25, -0.2) is 4.79 Å². The number of carbonyl (C=O) groups excluding carboxylic acids is 1. The van der Waals surface area contributed by atoms with E-state index in [0.717, 1.165) is 44.2 Å². The SMILES string of the molecule is O=C(Nc1ccc(N2CCOCC2)cc1)N1CCNCC1COc1cccnc1. The molecule has 2 aliphatic heterocycles. The number of ether oxygens (including phenoxy) is 2. The highest BCUT2D eigenvalue weighted by molar-refractivity contribution is 5.89. The molecule has 29 heavy (non-hydrogen) atoms. The van der Waals surface area contributed by atoms with E-state index in [-0.39, 0.29) is 12.1 Å². The van der Waals surface area contributed by atoms with Gasteiger partial charge >= 0.3 is 6.03 Å². The highest BCUT2D eigenvalue weighted by Gasteiger charge is 2.27. The first-order valence-electron chi connectivity index (χ1n) is 10.0. The van der Waals surface area contributed by atoms with Gasteiger partial charge < -0.3 is 29.9 Å². The van der Waals surface area contributed by atoms with Crippen LogP contribution in [0.5, 0.6) is 5.75 Å². The van der Waals surface area contributed by atoms with Crippen molar-refractivity contribution in [1.29, 1.82) is 0 Å². The summed E-state index contributed by atoms with van der Waals surface area (Å²) < 4.78 is 11.2. The van der Waals surface area contributed by atoms with Crippen LogP contribution in [-0.2, 0) is 4.74 Å². The van der Waals surface area contributed by atoms with Crippen LogP contribution in [0.15, 0.2) is 48.8 Å². The minimum Gasteiger partial charge on any atom is -0.490 e. The number of urea groups is 1. The van der Waals surface area contributed by atoms with Crippen molar-refractivity contribution < 1.29 is 14.3 Å². The fourth-order valence-electron chi connectivity index (χ4n) is 3.57. The summed E-state index contributed by atoms with van der Waals surface area (Å²) in [7, 11) is 0. The molecule has 1 atom stereocenters. The minimum absolute atomic E-state index is 0.0448. The summed E-state index contributed by atoms with van der Waals surface area (Å²) in [4.78, 5) is 21.0. The van der Waals surface area contributed by atoms with Crippen molar-refractivity contribution in [2.75, 3.05) is 62.8 Å². The number of hydrogen-bond donors (Lipinski definition) is 2. The number of benzene rings is 1. The molecule has 2 fully saturated rings. The summed E-state index contributed by atoms with van der Waals surface area (Å²) in [5, 5.41) is 6.35. The number of piperazine rings is 1. The van der Waals surface area contributed by atoms with Crippen LogP contribution in [0.2, 0.25) is 0 Å². The molecule has 154 valence electrons. The molecule has 0 spiro atoms. The third-order valence-corrected chi connectivity index (χ3v) is 5.18. The van der Waals surface area contributed by atoms with Crippen LogP contribution < -0.4 is 20.3 Å². The van der Waals surface area contributed by atoms with Gasteiger partial charge in [0.2, 0.25) is 0 Å². The Morgan fingerprint density at radius 2 is 2.03 bits per heavy atom. The molecule has 2 N–H and O–H groups in total. The molecular weight excluding hydrogens is 370 g/mol. The van der Waals surface area contributed by atoms with Gasteiger partial charge in [-0.15, -0.1) is 0 Å². The predicted molar refractivity (Wildman–Crippen MR) is 112 cm³/mol. The molecule has 2 saturated heterocycles. The molecule has 0 bridgehead atoms. The molecule has 2 aromatic rings. The highest BCUT2D eigenvalue weighted by Crippen LogP contribution is 2.20. The van der Waals surface area contributed by atoms with Crippen molar-refractivity contribution >= 4 is 17.4 Å². The number of amides is 2. The fourth-order valence-corrected chi connectivity index (χ4v) is 3.57. The van der Waals surface area contributed by atoms with Crippen LogP contribution >= 0.6 is 0 Å². The van der Waals surface area contributed by atoms with Gasteiger partial charge in [-0.05, 0) is 36.4 Å². The van der Waals surface area contributed by atoms with E-state index < -0.39 is 0 Å². The standard InChI is InChI=1S/C21H27N5O3/c27-21(24-17-3-5-18(6-4-17)25-10-12-28-13-11-25)26-9-8-23-14-19(26)16-29-20-2-1-7-22-15-20/h1-7,15,19,23H,8-14,16H2,(H,24,27). The van der Waals surface area contributed by atoms with Crippen molar-refractivity contribution in [2.45, 2.75) is 6.04 Å². The van der Waals surface area contributed by atoms with E-state index >= 15 is 0 Å². The Bertz CT molecular complexity index is 781. The Morgan fingerprint density at radius 1 is 1.21 bits per heavy atom. The van der Waals surface area contributed by atoms with E-state index in [1.807, 2.05) is 41.3 Å². The van der Waals surface area contributed by atoms with Crippen molar-refractivity contribution in [3.8, 4) is 5.75 Å². The van der Waals surface area contributed by atoms with E-state index in [2.05, 4.69) is 20.5 Å². The van der Waals surface area contributed by atoms with Gasteiger partial charge in [0.25, 0.3) is 0 Å². The van der Waals surface area contributed by atoms with Crippen LogP contribution in [0.1, 0.15) is 0 Å². The molecule has 4 rings (SSSR count). The number of hydrogen-bond acceptors (Lipinski definition) is 6. The number of anilines is 2. The quantitative estimate of drug-likeness (QED) is 0.801. The van der Waals surface area contributed by atoms with Gasteiger partial charge in [0.1, 0.15) is 12.4 Å². The molecule has 0 radical (unpaired) electrons. The number of nitrogens with one attached hydrogen (secondary N) is 2. The number of morpholine rings is 1. The molecule has 1 aromatic heterocycles. The normalized spacial score (nSPS) is 19.7. The first-order chi connectivity index (χ1) is 14.3. The maximum Gasteiger partial charge on any atom is 0.322 e. The molecule has 3 heterocycles. The molecule has 2 amide bonds. The van der Waals surface area contributed by atoms with Crippen molar-refractivity contribution in [2.24, 2.45) is 0 Å². The third-order valence-electron chi connectivity index (χ3n) is 5.18. The second kappa shape index (κ2) is 9.58. The molecule has 8 nitrogen and oxygen atoms in total. The van der Waals surface area contributed by atoms with E-state index in [4.69, 9.17) is 9.47 Å². The Balaban J connectivity index is 1.34. The minimum atomic E-state index is -0.106. The van der Waals surface area contributed by atoms with Crippen molar-refractivity contribution in [3.05, 3.63) is 48.8 Å². The maximum absolute atomic E-state index is 12.9. The summed E-state index contributed by atoms with van der Waals surface area (Å²) in [5.41, 5.74) is 1.94. The number of nitrogens with zero attached hydrogens (tertiary/aromatic N) is 3. The van der Waals surface area contributed by atoms with Crippen LogP contribution in [-0.4, -0.2) is 74.5 Å². The summed E-state index contributed by atoms with van der Waals surface area (Å²) in [5.74, 6) is 0.706.